The summed E-state index contributed by atoms with van der Waals surface area (Å²) >= 11 is 0. The molecule has 0 amide bonds. The zero-order valence-corrected chi connectivity index (χ0v) is 8.43. The Hall–Kier alpha value is -1.08. The highest BCUT2D eigenvalue weighted by atomic mass is 14.5. The molecule has 0 unspecified atom stereocenters. The van der Waals surface area contributed by atoms with Crippen molar-refractivity contribution in [2.75, 3.05) is 6.54 Å². The molecule has 0 bridgehead atoms. The van der Waals surface area contributed by atoms with Crippen LogP contribution in [0.3, 0.4) is 0 Å². The van der Waals surface area contributed by atoms with E-state index in [1.807, 2.05) is 0 Å². The first-order valence-corrected chi connectivity index (χ1v) is 4.61. The summed E-state index contributed by atoms with van der Waals surface area (Å²) in [5.74, 6) is 0. The van der Waals surface area contributed by atoms with E-state index in [0.29, 0.717) is 6.54 Å². The Morgan fingerprint density at radius 3 is 2.69 bits per heavy atom. The van der Waals surface area contributed by atoms with Crippen molar-refractivity contribution in [1.82, 2.24) is 0 Å². The lowest BCUT2D eigenvalue weighted by atomic mass is 9.96. The van der Waals surface area contributed by atoms with Crippen LogP contribution >= 0.6 is 0 Å². The van der Waals surface area contributed by atoms with E-state index in [9.17, 15) is 0 Å². The van der Waals surface area contributed by atoms with Gasteiger partial charge < -0.3 is 5.73 Å². The predicted octanol–water partition coefficient (Wildman–Crippen LogP) is 2.67. The van der Waals surface area contributed by atoms with E-state index in [1.54, 1.807) is 0 Å². The molecule has 0 aliphatic carbocycles. The van der Waals surface area contributed by atoms with Gasteiger partial charge in [0.05, 0.1) is 0 Å². The van der Waals surface area contributed by atoms with Crippen LogP contribution in [0.1, 0.15) is 23.1 Å². The second-order valence-electron chi connectivity index (χ2n) is 3.39. The summed E-state index contributed by atoms with van der Waals surface area (Å²) in [6.07, 6.45) is 0.879. The molecule has 70 valence electrons. The Labute approximate surface area is 80.3 Å². The predicted molar refractivity (Wildman–Crippen MR) is 58.6 cm³/mol. The first-order valence-electron chi connectivity index (χ1n) is 4.61. The molecule has 0 aliphatic heterocycles. The number of aryl methyl sites for hydroxylation is 1. The van der Waals surface area contributed by atoms with Gasteiger partial charge in [-0.25, -0.2) is 0 Å². The third-order valence-electron chi connectivity index (χ3n) is 2.43. The monoisotopic (exact) mass is 175 g/mol. The molecule has 0 radical (unpaired) electrons. The molecule has 0 saturated carbocycles. The fraction of sp³-hybridized carbons (Fsp3) is 0.333. The molecular weight excluding hydrogens is 158 g/mol. The van der Waals surface area contributed by atoms with Gasteiger partial charge >= 0.3 is 0 Å². The molecule has 0 aliphatic rings. The Bertz CT molecular complexity index is 313. The SMILES string of the molecule is C=C(CCN)c1cccc(C)c1C. The van der Waals surface area contributed by atoms with Crippen molar-refractivity contribution in [3.63, 3.8) is 0 Å². The topological polar surface area (TPSA) is 26.0 Å². The van der Waals surface area contributed by atoms with Crippen molar-refractivity contribution in [2.45, 2.75) is 20.3 Å². The lowest BCUT2D eigenvalue weighted by Gasteiger charge is -2.10. The van der Waals surface area contributed by atoms with Crippen LogP contribution in [0.4, 0.5) is 0 Å². The molecule has 2 N–H and O–H groups in total. The third-order valence-corrected chi connectivity index (χ3v) is 2.43. The van der Waals surface area contributed by atoms with Gasteiger partial charge in [-0.15, -0.1) is 0 Å². The maximum Gasteiger partial charge on any atom is -0.00367 e. The second kappa shape index (κ2) is 4.24. The molecule has 1 rings (SSSR count). The number of hydrogen-bond donors (Lipinski definition) is 1. The summed E-state index contributed by atoms with van der Waals surface area (Å²) in [6, 6.07) is 6.30. The standard InChI is InChI=1S/C12H17N/c1-9-5-4-6-12(11(9)3)10(2)7-8-13/h4-6H,2,7-8,13H2,1,3H3. The molecule has 0 atom stereocenters. The molecule has 1 aromatic carbocycles. The smallest absolute Gasteiger partial charge is 0.00367 e. The largest absolute Gasteiger partial charge is 0.330 e. The highest BCUT2D eigenvalue weighted by molar-refractivity contribution is 5.67. The summed E-state index contributed by atoms with van der Waals surface area (Å²) in [5.41, 5.74) is 10.5. The molecule has 0 fully saturated rings. The van der Waals surface area contributed by atoms with Gasteiger partial charge in [-0.2, -0.15) is 0 Å². The minimum atomic E-state index is 0.673. The van der Waals surface area contributed by atoms with Crippen molar-refractivity contribution < 1.29 is 0 Å². The van der Waals surface area contributed by atoms with Crippen molar-refractivity contribution in [2.24, 2.45) is 5.73 Å². The van der Waals surface area contributed by atoms with Gasteiger partial charge in [0, 0.05) is 0 Å². The van der Waals surface area contributed by atoms with Gasteiger partial charge in [0.1, 0.15) is 0 Å². The van der Waals surface area contributed by atoms with Gasteiger partial charge in [0.15, 0.2) is 0 Å². The summed E-state index contributed by atoms with van der Waals surface area (Å²) in [5, 5.41) is 0. The molecule has 1 aromatic rings. The van der Waals surface area contributed by atoms with Crippen LogP contribution in [0.5, 0.6) is 0 Å². The summed E-state index contributed by atoms with van der Waals surface area (Å²) < 4.78 is 0. The quantitative estimate of drug-likeness (QED) is 0.751. The molecule has 0 spiro atoms. The van der Waals surface area contributed by atoms with Crippen LogP contribution in [0.2, 0.25) is 0 Å². The van der Waals surface area contributed by atoms with Crippen LogP contribution in [-0.4, -0.2) is 6.54 Å². The van der Waals surface area contributed by atoms with E-state index < -0.39 is 0 Å². The number of benzene rings is 1. The molecule has 0 heterocycles. The van der Waals surface area contributed by atoms with E-state index in [1.165, 1.54) is 16.7 Å². The normalized spacial score (nSPS) is 10.1. The zero-order chi connectivity index (χ0) is 9.84. The van der Waals surface area contributed by atoms with Crippen molar-refractivity contribution in [1.29, 1.82) is 0 Å². The van der Waals surface area contributed by atoms with Gasteiger partial charge in [-0.3, -0.25) is 0 Å². The Morgan fingerprint density at radius 2 is 2.08 bits per heavy atom. The average molecular weight is 175 g/mol. The molecular formula is C12H17N. The van der Waals surface area contributed by atoms with Crippen LogP contribution in [0.15, 0.2) is 24.8 Å². The molecule has 0 aromatic heterocycles. The molecule has 13 heavy (non-hydrogen) atoms. The minimum Gasteiger partial charge on any atom is -0.330 e. The first kappa shape index (κ1) is 10.0. The van der Waals surface area contributed by atoms with Gasteiger partial charge in [0.25, 0.3) is 0 Å². The van der Waals surface area contributed by atoms with Crippen LogP contribution in [0, 0.1) is 13.8 Å². The molecule has 0 saturated heterocycles. The highest BCUT2D eigenvalue weighted by Gasteiger charge is 2.02. The number of hydrogen-bond acceptors (Lipinski definition) is 1. The van der Waals surface area contributed by atoms with Gasteiger partial charge in [-0.05, 0) is 49.1 Å². The van der Waals surface area contributed by atoms with Crippen LogP contribution in [-0.2, 0) is 0 Å². The fourth-order valence-corrected chi connectivity index (χ4v) is 1.44. The van der Waals surface area contributed by atoms with E-state index in [-0.39, 0.29) is 0 Å². The summed E-state index contributed by atoms with van der Waals surface area (Å²) in [7, 11) is 0. The van der Waals surface area contributed by atoms with Gasteiger partial charge in [0.2, 0.25) is 0 Å². The highest BCUT2D eigenvalue weighted by Crippen LogP contribution is 2.21. The van der Waals surface area contributed by atoms with E-state index in [4.69, 9.17) is 5.73 Å². The fourth-order valence-electron chi connectivity index (χ4n) is 1.44. The third kappa shape index (κ3) is 2.19. The Kier molecular flexibility index (Phi) is 3.26. The molecule has 1 heteroatoms. The molecule has 1 nitrogen and oxygen atoms in total. The zero-order valence-electron chi connectivity index (χ0n) is 8.43. The van der Waals surface area contributed by atoms with Crippen LogP contribution < -0.4 is 5.73 Å². The minimum absolute atomic E-state index is 0.673. The lowest BCUT2D eigenvalue weighted by molar-refractivity contribution is 1.02. The van der Waals surface area contributed by atoms with E-state index in [0.717, 1.165) is 12.0 Å². The van der Waals surface area contributed by atoms with E-state index in [2.05, 4.69) is 38.6 Å². The van der Waals surface area contributed by atoms with Crippen molar-refractivity contribution in [3.8, 4) is 0 Å². The lowest BCUT2D eigenvalue weighted by Crippen LogP contribution is -2.00. The second-order valence-corrected chi connectivity index (χ2v) is 3.39. The number of rotatable bonds is 3. The Morgan fingerprint density at radius 1 is 1.38 bits per heavy atom. The van der Waals surface area contributed by atoms with E-state index >= 15 is 0 Å². The van der Waals surface area contributed by atoms with Gasteiger partial charge in [-0.1, -0.05) is 24.8 Å². The maximum atomic E-state index is 5.49. The maximum absolute atomic E-state index is 5.49. The summed E-state index contributed by atoms with van der Waals surface area (Å²) in [4.78, 5) is 0. The first-order chi connectivity index (χ1) is 6.16. The number of nitrogens with two attached hydrogens (primary N) is 1. The van der Waals surface area contributed by atoms with Crippen molar-refractivity contribution in [3.05, 3.63) is 41.5 Å². The van der Waals surface area contributed by atoms with Crippen LogP contribution in [0.25, 0.3) is 5.57 Å². The van der Waals surface area contributed by atoms with Crippen molar-refractivity contribution >= 4 is 5.57 Å². The Balaban J connectivity index is 3.01. The summed E-state index contributed by atoms with van der Waals surface area (Å²) in [6.45, 7) is 8.96. The average Bonchev–Trinajstić information content (AvgIpc) is 2.10.